The van der Waals surface area contributed by atoms with Crippen molar-refractivity contribution in [1.82, 2.24) is 14.7 Å². The molecule has 2 N–H and O–H groups in total. The molecule has 2 rings (SSSR count). The van der Waals surface area contributed by atoms with Crippen LogP contribution < -0.4 is 10.5 Å². The molecule has 1 heterocycles. The molecule has 0 aromatic carbocycles. The molecule has 1 aromatic rings. The Hall–Kier alpha value is -1.07. The highest BCUT2D eigenvalue weighted by Gasteiger charge is 2.25. The van der Waals surface area contributed by atoms with Gasteiger partial charge in [-0.2, -0.15) is 5.10 Å². The Kier molecular flexibility index (Phi) is 5.43. The van der Waals surface area contributed by atoms with Crippen LogP contribution in [-0.2, 0) is 6.54 Å². The number of rotatable bonds is 5. The topological polar surface area (TPSA) is 56.3 Å². The second-order valence-electron chi connectivity index (χ2n) is 6.10. The van der Waals surface area contributed by atoms with Crippen molar-refractivity contribution in [3.05, 3.63) is 11.9 Å². The summed E-state index contributed by atoms with van der Waals surface area (Å²) in [6.07, 6.45) is 7.72. The molecule has 1 aromatic heterocycles. The number of hydrogen-bond acceptors (Lipinski definition) is 4. The quantitative estimate of drug-likeness (QED) is 0.836. The van der Waals surface area contributed by atoms with Gasteiger partial charge < -0.3 is 15.4 Å². The lowest BCUT2D eigenvalue weighted by atomic mass is 9.94. The van der Waals surface area contributed by atoms with E-state index >= 15 is 0 Å². The minimum atomic E-state index is 0.310. The van der Waals surface area contributed by atoms with Crippen molar-refractivity contribution in [2.24, 2.45) is 5.73 Å². The van der Waals surface area contributed by atoms with Crippen LogP contribution in [0.3, 0.4) is 0 Å². The van der Waals surface area contributed by atoms with E-state index in [1.54, 1.807) is 7.11 Å². The maximum absolute atomic E-state index is 6.22. The lowest BCUT2D eigenvalue weighted by Gasteiger charge is -2.21. The van der Waals surface area contributed by atoms with Gasteiger partial charge in [0, 0.05) is 18.5 Å². The summed E-state index contributed by atoms with van der Waals surface area (Å²) in [6, 6.07) is 0.310. The monoisotopic (exact) mass is 280 g/mol. The lowest BCUT2D eigenvalue weighted by Crippen LogP contribution is -2.24. The van der Waals surface area contributed by atoms with E-state index in [-0.39, 0.29) is 0 Å². The molecule has 5 nitrogen and oxygen atoms in total. The molecule has 1 aliphatic rings. The first-order chi connectivity index (χ1) is 9.61. The lowest BCUT2D eigenvalue weighted by molar-refractivity contribution is 0.355. The molecule has 0 bridgehead atoms. The molecular formula is C15H28N4O. The Labute approximate surface area is 122 Å². The minimum Gasteiger partial charge on any atom is -0.493 e. The number of aromatic nitrogens is 2. The molecule has 2 unspecified atom stereocenters. The third kappa shape index (κ3) is 3.73. The van der Waals surface area contributed by atoms with Crippen LogP contribution in [0.1, 0.15) is 43.7 Å². The van der Waals surface area contributed by atoms with Gasteiger partial charge in [0.25, 0.3) is 0 Å². The largest absolute Gasteiger partial charge is 0.493 e. The second kappa shape index (κ2) is 7.09. The van der Waals surface area contributed by atoms with Gasteiger partial charge in [-0.05, 0) is 33.4 Å². The molecule has 1 aliphatic carbocycles. The van der Waals surface area contributed by atoms with Crippen molar-refractivity contribution < 1.29 is 4.74 Å². The van der Waals surface area contributed by atoms with Crippen molar-refractivity contribution >= 4 is 0 Å². The molecule has 1 saturated carbocycles. The zero-order valence-corrected chi connectivity index (χ0v) is 13.0. The van der Waals surface area contributed by atoms with E-state index in [4.69, 9.17) is 10.5 Å². The summed E-state index contributed by atoms with van der Waals surface area (Å²) < 4.78 is 7.64. The molecule has 0 radical (unpaired) electrons. The number of nitrogens with two attached hydrogens (primary N) is 1. The molecular weight excluding hydrogens is 252 g/mol. The van der Waals surface area contributed by atoms with Gasteiger partial charge in [-0.15, -0.1) is 0 Å². The summed E-state index contributed by atoms with van der Waals surface area (Å²) >= 11 is 0. The SMILES string of the molecule is COc1cnn(CCN(C)C)c1C1CCCCC(N)C1. The van der Waals surface area contributed by atoms with E-state index in [1.165, 1.54) is 25.0 Å². The number of hydrogen-bond donors (Lipinski definition) is 1. The molecule has 5 heteroatoms. The van der Waals surface area contributed by atoms with Crippen molar-refractivity contribution in [3.63, 3.8) is 0 Å². The summed E-state index contributed by atoms with van der Waals surface area (Å²) in [7, 11) is 5.90. The highest BCUT2D eigenvalue weighted by atomic mass is 16.5. The van der Waals surface area contributed by atoms with Crippen molar-refractivity contribution in [1.29, 1.82) is 0 Å². The number of likely N-dealkylation sites (N-methyl/N-ethyl adjacent to an activating group) is 1. The van der Waals surface area contributed by atoms with Crippen molar-refractivity contribution in [2.75, 3.05) is 27.7 Å². The van der Waals surface area contributed by atoms with Crippen LogP contribution in [0.4, 0.5) is 0 Å². The zero-order valence-electron chi connectivity index (χ0n) is 13.0. The van der Waals surface area contributed by atoms with Crippen LogP contribution in [0.25, 0.3) is 0 Å². The van der Waals surface area contributed by atoms with Crippen LogP contribution in [0.2, 0.25) is 0 Å². The molecule has 114 valence electrons. The molecule has 2 atom stereocenters. The van der Waals surface area contributed by atoms with Crippen LogP contribution >= 0.6 is 0 Å². The number of nitrogens with zero attached hydrogens (tertiary/aromatic N) is 3. The smallest absolute Gasteiger partial charge is 0.160 e. The van der Waals surface area contributed by atoms with E-state index in [0.29, 0.717) is 12.0 Å². The van der Waals surface area contributed by atoms with E-state index in [2.05, 4.69) is 28.8 Å². The summed E-state index contributed by atoms with van der Waals surface area (Å²) in [6.45, 7) is 1.88. The van der Waals surface area contributed by atoms with Crippen molar-refractivity contribution in [2.45, 2.75) is 50.6 Å². The summed E-state index contributed by atoms with van der Waals surface area (Å²) in [5, 5.41) is 4.51. The Morgan fingerprint density at radius 3 is 2.85 bits per heavy atom. The average molecular weight is 280 g/mol. The molecule has 0 saturated heterocycles. The molecule has 20 heavy (non-hydrogen) atoms. The van der Waals surface area contributed by atoms with Gasteiger partial charge in [0.2, 0.25) is 0 Å². The molecule has 1 fully saturated rings. The Balaban J connectivity index is 2.20. The Morgan fingerprint density at radius 2 is 2.15 bits per heavy atom. The first-order valence-electron chi connectivity index (χ1n) is 7.61. The fraction of sp³-hybridized carbons (Fsp3) is 0.800. The summed E-state index contributed by atoms with van der Waals surface area (Å²) in [4.78, 5) is 2.18. The van der Waals surface area contributed by atoms with Gasteiger partial charge >= 0.3 is 0 Å². The first kappa shape index (κ1) is 15.3. The highest BCUT2D eigenvalue weighted by Crippen LogP contribution is 2.36. The molecule has 0 spiro atoms. The Bertz CT molecular complexity index is 416. The van der Waals surface area contributed by atoms with Gasteiger partial charge in [0.1, 0.15) is 0 Å². The predicted octanol–water partition coefficient (Wildman–Crippen LogP) is 1.83. The maximum atomic E-state index is 6.22. The standard InChI is InChI=1S/C15H28N4O/c1-18(2)8-9-19-15(14(20-3)11-17-19)12-6-4-5-7-13(16)10-12/h11-13H,4-10,16H2,1-3H3. The second-order valence-corrected chi connectivity index (χ2v) is 6.10. The van der Waals surface area contributed by atoms with Crippen LogP contribution in [0.15, 0.2) is 6.20 Å². The predicted molar refractivity (Wildman–Crippen MR) is 81.1 cm³/mol. The van der Waals surface area contributed by atoms with E-state index in [1.807, 2.05) is 6.20 Å². The van der Waals surface area contributed by atoms with Gasteiger partial charge in [-0.1, -0.05) is 12.8 Å². The van der Waals surface area contributed by atoms with Gasteiger partial charge in [-0.3, -0.25) is 4.68 Å². The van der Waals surface area contributed by atoms with E-state index in [0.717, 1.165) is 31.7 Å². The van der Waals surface area contributed by atoms with E-state index in [9.17, 15) is 0 Å². The fourth-order valence-corrected chi connectivity index (χ4v) is 3.07. The fourth-order valence-electron chi connectivity index (χ4n) is 3.07. The zero-order chi connectivity index (χ0) is 14.5. The summed E-state index contributed by atoms with van der Waals surface area (Å²) in [5.74, 6) is 1.40. The molecule has 0 amide bonds. The van der Waals surface area contributed by atoms with Gasteiger partial charge in [0.15, 0.2) is 5.75 Å². The normalized spacial score (nSPS) is 23.9. The maximum Gasteiger partial charge on any atom is 0.160 e. The third-order valence-electron chi connectivity index (χ3n) is 4.18. The van der Waals surface area contributed by atoms with Gasteiger partial charge in [-0.25, -0.2) is 0 Å². The average Bonchev–Trinajstić information content (AvgIpc) is 2.71. The van der Waals surface area contributed by atoms with E-state index < -0.39 is 0 Å². The van der Waals surface area contributed by atoms with Gasteiger partial charge in [0.05, 0.1) is 25.5 Å². The van der Waals surface area contributed by atoms with Crippen LogP contribution in [0, 0.1) is 0 Å². The minimum absolute atomic E-state index is 0.310. The highest BCUT2D eigenvalue weighted by molar-refractivity contribution is 5.29. The first-order valence-corrected chi connectivity index (χ1v) is 7.61. The summed E-state index contributed by atoms with van der Waals surface area (Å²) in [5.41, 5.74) is 7.46. The third-order valence-corrected chi connectivity index (χ3v) is 4.18. The number of methoxy groups -OCH3 is 1. The Morgan fingerprint density at radius 1 is 1.40 bits per heavy atom. The van der Waals surface area contributed by atoms with Crippen LogP contribution in [0.5, 0.6) is 5.75 Å². The molecule has 0 aliphatic heterocycles. The number of ether oxygens (including phenoxy) is 1. The van der Waals surface area contributed by atoms with Crippen LogP contribution in [-0.4, -0.2) is 48.5 Å². The van der Waals surface area contributed by atoms with Crippen molar-refractivity contribution in [3.8, 4) is 5.75 Å².